The van der Waals surface area contributed by atoms with Crippen molar-refractivity contribution in [2.75, 3.05) is 12.8 Å². The Balaban J connectivity index is 2.36. The van der Waals surface area contributed by atoms with Gasteiger partial charge in [0.05, 0.1) is 29.1 Å². The quantitative estimate of drug-likeness (QED) is 0.919. The number of hydrogen-bond donors (Lipinski definition) is 1. The number of anilines is 1. The monoisotopic (exact) mass is 278 g/mol. The molecule has 0 spiro atoms. The van der Waals surface area contributed by atoms with Crippen LogP contribution in [-0.4, -0.2) is 20.5 Å². The van der Waals surface area contributed by atoms with Gasteiger partial charge in [0.25, 0.3) is 0 Å². The summed E-state index contributed by atoms with van der Waals surface area (Å²) in [7, 11) is -1.99. The zero-order valence-electron chi connectivity index (χ0n) is 10.4. The number of benzene rings is 1. The number of sulfone groups is 1. The van der Waals surface area contributed by atoms with Crippen molar-refractivity contribution in [3.63, 3.8) is 0 Å². The topological polar surface area (TPSA) is 82.3 Å². The van der Waals surface area contributed by atoms with Gasteiger partial charge in [0.1, 0.15) is 0 Å². The van der Waals surface area contributed by atoms with Crippen LogP contribution in [0, 0.1) is 0 Å². The van der Waals surface area contributed by atoms with Crippen molar-refractivity contribution in [3.8, 4) is 5.88 Å². The maximum absolute atomic E-state index is 12.2. The lowest BCUT2D eigenvalue weighted by atomic mass is 10.3. The summed E-state index contributed by atoms with van der Waals surface area (Å²) in [4.78, 5) is 4.32. The molecule has 19 heavy (non-hydrogen) atoms. The molecule has 0 fully saturated rings. The average molecular weight is 278 g/mol. The standard InChI is InChI=1S/C13H14N2O3S/c1-18-13-8-7-11(14)12(15-13)9-19(16,17)10-5-3-2-4-6-10/h2-8H,9,14H2,1H3. The predicted octanol–water partition coefficient (Wildman–Crippen LogP) is 1.65. The van der Waals surface area contributed by atoms with E-state index in [2.05, 4.69) is 4.98 Å². The first-order chi connectivity index (χ1) is 9.03. The van der Waals surface area contributed by atoms with Crippen LogP contribution in [0.4, 0.5) is 5.69 Å². The number of pyridine rings is 1. The fourth-order valence-electron chi connectivity index (χ4n) is 1.61. The lowest BCUT2D eigenvalue weighted by molar-refractivity contribution is 0.397. The summed E-state index contributed by atoms with van der Waals surface area (Å²) in [5.41, 5.74) is 6.38. The molecule has 0 aliphatic rings. The summed E-state index contributed by atoms with van der Waals surface area (Å²) < 4.78 is 29.4. The Morgan fingerprint density at radius 3 is 2.47 bits per heavy atom. The molecule has 2 rings (SSSR count). The van der Waals surface area contributed by atoms with E-state index in [0.29, 0.717) is 17.3 Å². The Hall–Kier alpha value is -2.08. The summed E-state index contributed by atoms with van der Waals surface area (Å²) in [6, 6.07) is 11.4. The smallest absolute Gasteiger partial charge is 0.213 e. The summed E-state index contributed by atoms with van der Waals surface area (Å²) in [6.07, 6.45) is 0. The van der Waals surface area contributed by atoms with Gasteiger partial charge >= 0.3 is 0 Å². The van der Waals surface area contributed by atoms with Crippen molar-refractivity contribution in [2.24, 2.45) is 0 Å². The second-order valence-corrected chi connectivity index (χ2v) is 5.95. The minimum absolute atomic E-state index is 0.249. The van der Waals surface area contributed by atoms with Crippen LogP contribution in [-0.2, 0) is 15.6 Å². The van der Waals surface area contributed by atoms with Crippen molar-refractivity contribution in [2.45, 2.75) is 10.6 Å². The van der Waals surface area contributed by atoms with E-state index in [1.165, 1.54) is 7.11 Å². The van der Waals surface area contributed by atoms with Crippen molar-refractivity contribution < 1.29 is 13.2 Å². The van der Waals surface area contributed by atoms with E-state index in [0.717, 1.165) is 0 Å². The second kappa shape index (κ2) is 5.27. The third-order valence-electron chi connectivity index (χ3n) is 2.62. The highest BCUT2D eigenvalue weighted by Gasteiger charge is 2.18. The molecule has 0 unspecified atom stereocenters. The molecule has 0 bridgehead atoms. The predicted molar refractivity (Wildman–Crippen MR) is 72.5 cm³/mol. The minimum atomic E-state index is -3.46. The fourth-order valence-corrected chi connectivity index (χ4v) is 2.94. The van der Waals surface area contributed by atoms with Crippen LogP contribution < -0.4 is 10.5 Å². The molecule has 0 aliphatic carbocycles. The van der Waals surface area contributed by atoms with Gasteiger partial charge in [0, 0.05) is 6.07 Å². The van der Waals surface area contributed by atoms with Gasteiger partial charge in [-0.3, -0.25) is 0 Å². The Morgan fingerprint density at radius 2 is 1.84 bits per heavy atom. The van der Waals surface area contributed by atoms with E-state index >= 15 is 0 Å². The SMILES string of the molecule is COc1ccc(N)c(CS(=O)(=O)c2ccccc2)n1. The molecule has 1 aromatic carbocycles. The van der Waals surface area contributed by atoms with Gasteiger partial charge < -0.3 is 10.5 Å². The van der Waals surface area contributed by atoms with Gasteiger partial charge in [-0.25, -0.2) is 13.4 Å². The maximum atomic E-state index is 12.2. The van der Waals surface area contributed by atoms with Gasteiger partial charge in [-0.15, -0.1) is 0 Å². The highest BCUT2D eigenvalue weighted by atomic mass is 32.2. The van der Waals surface area contributed by atoms with E-state index in [4.69, 9.17) is 10.5 Å². The van der Waals surface area contributed by atoms with Crippen LogP contribution in [0.2, 0.25) is 0 Å². The van der Waals surface area contributed by atoms with Gasteiger partial charge in [0.2, 0.25) is 5.88 Å². The van der Waals surface area contributed by atoms with Crippen molar-refractivity contribution in [1.82, 2.24) is 4.98 Å². The highest BCUT2D eigenvalue weighted by Crippen LogP contribution is 2.21. The summed E-state index contributed by atoms with van der Waals surface area (Å²) in [6.45, 7) is 0. The third-order valence-corrected chi connectivity index (χ3v) is 4.27. The number of methoxy groups -OCH3 is 1. The second-order valence-electron chi connectivity index (χ2n) is 3.96. The summed E-state index contributed by atoms with van der Waals surface area (Å²) >= 11 is 0. The first-order valence-electron chi connectivity index (χ1n) is 5.60. The zero-order valence-corrected chi connectivity index (χ0v) is 11.2. The molecule has 0 saturated heterocycles. The first-order valence-corrected chi connectivity index (χ1v) is 7.25. The number of aromatic nitrogens is 1. The fraction of sp³-hybridized carbons (Fsp3) is 0.154. The molecule has 1 heterocycles. The summed E-state index contributed by atoms with van der Waals surface area (Å²) in [5, 5.41) is 0. The lowest BCUT2D eigenvalue weighted by Crippen LogP contribution is -2.09. The van der Waals surface area contributed by atoms with Crippen LogP contribution >= 0.6 is 0 Å². The van der Waals surface area contributed by atoms with E-state index in [1.54, 1.807) is 42.5 Å². The van der Waals surface area contributed by atoms with Crippen LogP contribution in [0.5, 0.6) is 5.88 Å². The number of nitrogen functional groups attached to an aromatic ring is 1. The zero-order chi connectivity index (χ0) is 13.9. The Labute approximate surface area is 112 Å². The minimum Gasteiger partial charge on any atom is -0.481 e. The van der Waals surface area contributed by atoms with Gasteiger partial charge in [-0.2, -0.15) is 0 Å². The Kier molecular flexibility index (Phi) is 3.71. The van der Waals surface area contributed by atoms with E-state index in [9.17, 15) is 8.42 Å². The molecule has 0 aliphatic heterocycles. The number of nitrogens with zero attached hydrogens (tertiary/aromatic N) is 1. The lowest BCUT2D eigenvalue weighted by Gasteiger charge is -2.08. The van der Waals surface area contributed by atoms with Crippen LogP contribution in [0.3, 0.4) is 0 Å². The first kappa shape index (κ1) is 13.4. The molecule has 100 valence electrons. The average Bonchev–Trinajstić information content (AvgIpc) is 2.42. The van der Waals surface area contributed by atoms with E-state index in [-0.39, 0.29) is 10.6 Å². The molecular weight excluding hydrogens is 264 g/mol. The van der Waals surface area contributed by atoms with E-state index < -0.39 is 9.84 Å². The van der Waals surface area contributed by atoms with Gasteiger partial charge in [-0.1, -0.05) is 18.2 Å². The van der Waals surface area contributed by atoms with Crippen molar-refractivity contribution >= 4 is 15.5 Å². The molecule has 6 heteroatoms. The number of hydrogen-bond acceptors (Lipinski definition) is 5. The van der Waals surface area contributed by atoms with Crippen LogP contribution in [0.1, 0.15) is 5.69 Å². The Morgan fingerprint density at radius 1 is 1.16 bits per heavy atom. The van der Waals surface area contributed by atoms with Crippen molar-refractivity contribution in [1.29, 1.82) is 0 Å². The summed E-state index contributed by atoms with van der Waals surface area (Å²) in [5.74, 6) is 0.0903. The van der Waals surface area contributed by atoms with E-state index in [1.807, 2.05) is 0 Å². The number of ether oxygens (including phenoxy) is 1. The molecule has 1 aromatic heterocycles. The molecule has 2 N–H and O–H groups in total. The maximum Gasteiger partial charge on any atom is 0.213 e. The van der Waals surface area contributed by atoms with Crippen LogP contribution in [0.15, 0.2) is 47.4 Å². The highest BCUT2D eigenvalue weighted by molar-refractivity contribution is 7.90. The largest absolute Gasteiger partial charge is 0.481 e. The molecule has 0 radical (unpaired) electrons. The van der Waals surface area contributed by atoms with Gasteiger partial charge in [0.15, 0.2) is 9.84 Å². The number of rotatable bonds is 4. The third kappa shape index (κ3) is 3.03. The Bertz CT molecular complexity index is 670. The number of nitrogens with two attached hydrogens (primary N) is 1. The molecular formula is C13H14N2O3S. The molecule has 2 aromatic rings. The normalized spacial score (nSPS) is 11.2. The molecule has 0 atom stereocenters. The molecule has 0 amide bonds. The van der Waals surface area contributed by atoms with Crippen molar-refractivity contribution in [3.05, 3.63) is 48.2 Å². The van der Waals surface area contributed by atoms with Gasteiger partial charge in [-0.05, 0) is 18.2 Å². The molecule has 0 saturated carbocycles. The molecule has 5 nitrogen and oxygen atoms in total. The van der Waals surface area contributed by atoms with Crippen LogP contribution in [0.25, 0.3) is 0 Å².